The molecular weight excluding hydrogens is 641 g/mol. The summed E-state index contributed by atoms with van der Waals surface area (Å²) in [7, 11) is 0. The number of thiophene rings is 1. The lowest BCUT2D eigenvalue weighted by Crippen LogP contribution is -2.09. The molecular formula is C47H30N2OS. The smallest absolute Gasteiger partial charge is 0.227 e. The van der Waals surface area contributed by atoms with Gasteiger partial charge in [-0.15, -0.1) is 11.3 Å². The van der Waals surface area contributed by atoms with Gasteiger partial charge >= 0.3 is 0 Å². The van der Waals surface area contributed by atoms with Crippen LogP contribution in [0, 0.1) is 0 Å². The second-order valence-electron chi connectivity index (χ2n) is 12.8. The van der Waals surface area contributed by atoms with Crippen LogP contribution in [0.1, 0.15) is 0 Å². The summed E-state index contributed by atoms with van der Waals surface area (Å²) in [6.45, 7) is 0. The van der Waals surface area contributed by atoms with Crippen molar-refractivity contribution in [3.05, 3.63) is 182 Å². The quantitative estimate of drug-likeness (QED) is 0.176. The molecule has 10 aromatic rings. The average molecular weight is 671 g/mol. The highest BCUT2D eigenvalue weighted by Gasteiger charge is 2.17. The van der Waals surface area contributed by atoms with Crippen LogP contribution in [-0.2, 0) is 0 Å². The fraction of sp³-hybridized carbons (Fsp3) is 0. The monoisotopic (exact) mass is 670 g/mol. The molecule has 0 aliphatic carbocycles. The molecule has 0 saturated carbocycles. The van der Waals surface area contributed by atoms with Gasteiger partial charge in [0.1, 0.15) is 5.52 Å². The molecule has 0 radical (unpaired) electrons. The van der Waals surface area contributed by atoms with E-state index < -0.39 is 0 Å². The Labute approximate surface area is 299 Å². The highest BCUT2D eigenvalue weighted by atomic mass is 32.1. The number of para-hydroxylation sites is 1. The molecule has 51 heavy (non-hydrogen) atoms. The van der Waals surface area contributed by atoms with Crippen molar-refractivity contribution < 1.29 is 4.42 Å². The van der Waals surface area contributed by atoms with E-state index in [-0.39, 0.29) is 0 Å². The Hall–Kier alpha value is -6.49. The molecule has 8 aromatic carbocycles. The van der Waals surface area contributed by atoms with Crippen molar-refractivity contribution in [3.63, 3.8) is 0 Å². The number of aromatic nitrogens is 1. The lowest BCUT2D eigenvalue weighted by Gasteiger charge is -2.26. The zero-order valence-electron chi connectivity index (χ0n) is 27.5. The van der Waals surface area contributed by atoms with E-state index in [0.29, 0.717) is 5.89 Å². The Kier molecular flexibility index (Phi) is 7.00. The lowest BCUT2D eigenvalue weighted by atomic mass is 9.98. The molecule has 0 N–H and O–H groups in total. The molecule has 240 valence electrons. The van der Waals surface area contributed by atoms with Gasteiger partial charge in [-0.25, -0.2) is 4.98 Å². The lowest BCUT2D eigenvalue weighted by molar-refractivity contribution is 0.621. The molecule has 0 spiro atoms. The van der Waals surface area contributed by atoms with Crippen LogP contribution in [0.3, 0.4) is 0 Å². The number of fused-ring (bicyclic) bond motifs is 5. The van der Waals surface area contributed by atoms with E-state index in [2.05, 4.69) is 144 Å². The molecule has 0 unspecified atom stereocenters. The van der Waals surface area contributed by atoms with E-state index in [0.717, 1.165) is 44.9 Å². The third-order valence-corrected chi connectivity index (χ3v) is 10.9. The average Bonchev–Trinajstić information content (AvgIpc) is 3.81. The number of hydrogen-bond donors (Lipinski definition) is 0. The van der Waals surface area contributed by atoms with Crippen LogP contribution >= 0.6 is 11.3 Å². The first-order valence-corrected chi connectivity index (χ1v) is 17.9. The third kappa shape index (κ3) is 5.16. The predicted octanol–water partition coefficient (Wildman–Crippen LogP) is 13.8. The minimum absolute atomic E-state index is 0.629. The highest BCUT2D eigenvalue weighted by molar-refractivity contribution is 7.25. The van der Waals surface area contributed by atoms with Gasteiger partial charge in [-0.2, -0.15) is 0 Å². The normalized spacial score (nSPS) is 11.5. The van der Waals surface area contributed by atoms with Crippen LogP contribution in [0.15, 0.2) is 186 Å². The van der Waals surface area contributed by atoms with Gasteiger partial charge in [-0.3, -0.25) is 0 Å². The molecule has 0 aliphatic rings. The van der Waals surface area contributed by atoms with Crippen LogP contribution in [0.5, 0.6) is 0 Å². The number of benzene rings is 8. The molecule has 10 rings (SSSR count). The van der Waals surface area contributed by atoms with Crippen molar-refractivity contribution >= 4 is 70.4 Å². The Morgan fingerprint density at radius 1 is 0.431 bits per heavy atom. The molecule has 0 atom stereocenters. The maximum Gasteiger partial charge on any atom is 0.227 e. The minimum Gasteiger partial charge on any atom is -0.435 e. The molecule has 0 aliphatic heterocycles. The van der Waals surface area contributed by atoms with E-state index in [1.807, 2.05) is 53.8 Å². The first-order valence-electron chi connectivity index (χ1n) is 17.1. The van der Waals surface area contributed by atoms with E-state index in [1.165, 1.54) is 42.1 Å². The molecule has 0 saturated heterocycles. The Balaban J connectivity index is 1.07. The van der Waals surface area contributed by atoms with Crippen molar-refractivity contribution in [2.75, 3.05) is 4.90 Å². The summed E-state index contributed by atoms with van der Waals surface area (Å²) in [6.07, 6.45) is 0. The van der Waals surface area contributed by atoms with Crippen LogP contribution < -0.4 is 4.90 Å². The number of hydrogen-bond acceptors (Lipinski definition) is 4. The van der Waals surface area contributed by atoms with E-state index in [1.54, 1.807) is 0 Å². The van der Waals surface area contributed by atoms with Gasteiger partial charge in [0, 0.05) is 48.4 Å². The molecule has 2 aromatic heterocycles. The zero-order valence-corrected chi connectivity index (χ0v) is 28.3. The molecule has 4 heteroatoms. The molecule has 0 fully saturated rings. The van der Waals surface area contributed by atoms with Gasteiger partial charge in [0.15, 0.2) is 5.58 Å². The molecule has 0 bridgehead atoms. The summed E-state index contributed by atoms with van der Waals surface area (Å²) >= 11 is 1.84. The standard InChI is InChI=1S/C47H30N2OS/c1-2-11-34(12-3-1)47-48-43-18-9-17-40(46(43)50-47)33-22-26-36(27-23-33)49(37-28-29-42-41-15-6-7-19-44(41)51-45(42)30-37)35-24-20-32(21-25-35)39-16-8-13-31-10-4-5-14-38(31)39/h1-30H. The van der Waals surface area contributed by atoms with Crippen LogP contribution in [-0.4, -0.2) is 4.98 Å². The minimum atomic E-state index is 0.629. The van der Waals surface area contributed by atoms with Crippen molar-refractivity contribution in [2.45, 2.75) is 0 Å². The Bertz CT molecular complexity index is 2850. The van der Waals surface area contributed by atoms with Gasteiger partial charge in [0.05, 0.1) is 0 Å². The second-order valence-corrected chi connectivity index (χ2v) is 13.9. The van der Waals surface area contributed by atoms with Crippen LogP contribution in [0.25, 0.3) is 75.8 Å². The van der Waals surface area contributed by atoms with Gasteiger partial charge in [-0.05, 0) is 88.1 Å². The van der Waals surface area contributed by atoms with E-state index in [9.17, 15) is 0 Å². The number of rotatable bonds is 6. The summed E-state index contributed by atoms with van der Waals surface area (Å²) in [5.41, 5.74) is 10.4. The van der Waals surface area contributed by atoms with Gasteiger partial charge < -0.3 is 9.32 Å². The van der Waals surface area contributed by atoms with Crippen molar-refractivity contribution in [2.24, 2.45) is 0 Å². The predicted molar refractivity (Wildman–Crippen MR) is 215 cm³/mol. The first-order chi connectivity index (χ1) is 25.3. The largest absolute Gasteiger partial charge is 0.435 e. The van der Waals surface area contributed by atoms with E-state index in [4.69, 9.17) is 9.40 Å². The molecule has 2 heterocycles. The number of nitrogens with zero attached hydrogens (tertiary/aromatic N) is 2. The summed E-state index contributed by atoms with van der Waals surface area (Å²) in [4.78, 5) is 7.16. The maximum absolute atomic E-state index is 6.38. The Morgan fingerprint density at radius 2 is 1.04 bits per heavy atom. The fourth-order valence-electron chi connectivity index (χ4n) is 7.24. The van der Waals surface area contributed by atoms with E-state index >= 15 is 0 Å². The second kappa shape index (κ2) is 12.1. The van der Waals surface area contributed by atoms with Gasteiger partial charge in [0.2, 0.25) is 5.89 Å². The number of oxazole rings is 1. The third-order valence-electron chi connectivity index (χ3n) is 9.72. The Morgan fingerprint density at radius 3 is 1.84 bits per heavy atom. The summed E-state index contributed by atoms with van der Waals surface area (Å²) in [5, 5.41) is 5.09. The van der Waals surface area contributed by atoms with Crippen LogP contribution in [0.4, 0.5) is 17.1 Å². The first kappa shape index (κ1) is 29.4. The molecule has 0 amide bonds. The SMILES string of the molecule is c1ccc(-c2nc3cccc(-c4ccc(N(c5ccc(-c6cccc7ccccc67)cc5)c5ccc6c(c5)sc5ccccc56)cc4)c3o2)cc1. The highest BCUT2D eigenvalue weighted by Crippen LogP contribution is 2.42. The van der Waals surface area contributed by atoms with Crippen LogP contribution in [0.2, 0.25) is 0 Å². The fourth-order valence-corrected chi connectivity index (χ4v) is 8.38. The number of anilines is 3. The van der Waals surface area contributed by atoms with Gasteiger partial charge in [0.25, 0.3) is 0 Å². The molecule has 3 nitrogen and oxygen atoms in total. The maximum atomic E-state index is 6.38. The topological polar surface area (TPSA) is 29.3 Å². The summed E-state index contributed by atoms with van der Waals surface area (Å²) in [5.74, 6) is 0.629. The van der Waals surface area contributed by atoms with Gasteiger partial charge in [-0.1, -0.05) is 121 Å². The van der Waals surface area contributed by atoms with Crippen molar-refractivity contribution in [1.29, 1.82) is 0 Å². The summed E-state index contributed by atoms with van der Waals surface area (Å²) in [6, 6.07) is 64.6. The summed E-state index contributed by atoms with van der Waals surface area (Å²) < 4.78 is 8.95. The zero-order chi connectivity index (χ0) is 33.7. The van der Waals surface area contributed by atoms with Crippen molar-refractivity contribution in [1.82, 2.24) is 4.98 Å². The van der Waals surface area contributed by atoms with Crippen molar-refractivity contribution in [3.8, 4) is 33.7 Å².